The molecule has 0 fully saturated rings. The highest BCUT2D eigenvalue weighted by Crippen LogP contribution is 2.13. The topological polar surface area (TPSA) is 58.4 Å². The minimum atomic E-state index is -0.351. The number of rotatable bonds is 8. The second-order valence-electron chi connectivity index (χ2n) is 3.87. The fraction of sp³-hybridized carbons (Fsp3) is 0.583. The number of primary amides is 1. The van der Waals surface area contributed by atoms with Crippen LogP contribution in [0.1, 0.15) is 29.1 Å². The van der Waals surface area contributed by atoms with Gasteiger partial charge in [0.15, 0.2) is 0 Å². The number of amides is 1. The quantitative estimate of drug-likeness (QED) is 0.688. The molecule has 1 aromatic rings. The number of nitrogens with zero attached hydrogens (tertiary/aromatic N) is 1. The molecule has 96 valence electrons. The molecule has 0 spiro atoms. The monoisotopic (exact) mass is 255 g/mol. The molecule has 0 radical (unpaired) electrons. The number of nitrogens with two attached hydrogens (primary N) is 1. The summed E-state index contributed by atoms with van der Waals surface area (Å²) < 4.78 is 0. The molecular formula is C12H21N3OS. The van der Waals surface area contributed by atoms with Crippen LogP contribution in [0.2, 0.25) is 0 Å². The highest BCUT2D eigenvalue weighted by molar-refractivity contribution is 7.10. The van der Waals surface area contributed by atoms with Crippen LogP contribution in [-0.2, 0) is 6.54 Å². The average molecular weight is 255 g/mol. The third kappa shape index (κ3) is 4.85. The molecule has 0 aliphatic carbocycles. The fourth-order valence-corrected chi connectivity index (χ4v) is 2.43. The zero-order chi connectivity index (χ0) is 12.7. The van der Waals surface area contributed by atoms with Crippen molar-refractivity contribution in [3.05, 3.63) is 21.9 Å². The Balaban J connectivity index is 2.24. The molecule has 1 heterocycles. The van der Waals surface area contributed by atoms with Crippen molar-refractivity contribution in [2.24, 2.45) is 5.73 Å². The number of carbonyl (C=O) groups excluding carboxylic acids is 1. The summed E-state index contributed by atoms with van der Waals surface area (Å²) in [5.74, 6) is -0.351. The van der Waals surface area contributed by atoms with E-state index < -0.39 is 0 Å². The molecule has 5 heteroatoms. The lowest BCUT2D eigenvalue weighted by atomic mass is 10.3. The SMILES string of the molecule is CCN(CC)CCNCc1cc(C(N)=O)cs1. The van der Waals surface area contributed by atoms with Gasteiger partial charge in [0.1, 0.15) is 0 Å². The van der Waals surface area contributed by atoms with E-state index in [0.717, 1.165) is 37.6 Å². The smallest absolute Gasteiger partial charge is 0.249 e. The van der Waals surface area contributed by atoms with Gasteiger partial charge in [0.05, 0.1) is 5.56 Å². The van der Waals surface area contributed by atoms with Gasteiger partial charge in [-0.05, 0) is 19.2 Å². The average Bonchev–Trinajstić information content (AvgIpc) is 2.78. The van der Waals surface area contributed by atoms with Gasteiger partial charge in [-0.25, -0.2) is 0 Å². The molecule has 0 bridgehead atoms. The van der Waals surface area contributed by atoms with Gasteiger partial charge < -0.3 is 16.0 Å². The normalized spacial score (nSPS) is 11.0. The van der Waals surface area contributed by atoms with Gasteiger partial charge >= 0.3 is 0 Å². The summed E-state index contributed by atoms with van der Waals surface area (Å²) in [4.78, 5) is 14.4. The van der Waals surface area contributed by atoms with E-state index in [-0.39, 0.29) is 5.91 Å². The summed E-state index contributed by atoms with van der Waals surface area (Å²) in [5, 5.41) is 5.18. The molecule has 1 aromatic heterocycles. The number of nitrogens with one attached hydrogen (secondary N) is 1. The van der Waals surface area contributed by atoms with Gasteiger partial charge in [-0.3, -0.25) is 4.79 Å². The lowest BCUT2D eigenvalue weighted by Gasteiger charge is -2.17. The molecule has 1 amide bonds. The van der Waals surface area contributed by atoms with E-state index in [1.165, 1.54) is 0 Å². The molecule has 0 aliphatic rings. The van der Waals surface area contributed by atoms with Crippen LogP contribution in [0.5, 0.6) is 0 Å². The highest BCUT2D eigenvalue weighted by Gasteiger charge is 2.04. The molecule has 3 N–H and O–H groups in total. The molecule has 17 heavy (non-hydrogen) atoms. The number of carbonyl (C=O) groups is 1. The summed E-state index contributed by atoms with van der Waals surface area (Å²) in [6.07, 6.45) is 0. The maximum Gasteiger partial charge on any atom is 0.249 e. The maximum absolute atomic E-state index is 10.9. The second-order valence-corrected chi connectivity index (χ2v) is 4.87. The van der Waals surface area contributed by atoms with Gasteiger partial charge in [0.2, 0.25) is 5.91 Å². The molecule has 4 nitrogen and oxygen atoms in total. The first-order chi connectivity index (χ1) is 8.17. The Morgan fingerprint density at radius 2 is 2.18 bits per heavy atom. The van der Waals surface area contributed by atoms with Crippen LogP contribution in [0, 0.1) is 0 Å². The summed E-state index contributed by atoms with van der Waals surface area (Å²) >= 11 is 1.57. The van der Waals surface area contributed by atoms with Gasteiger partial charge in [-0.15, -0.1) is 11.3 Å². The van der Waals surface area contributed by atoms with E-state index >= 15 is 0 Å². The predicted molar refractivity (Wildman–Crippen MR) is 72.3 cm³/mol. The van der Waals surface area contributed by atoms with Gasteiger partial charge in [0, 0.05) is 29.9 Å². The standard InChI is InChI=1S/C12H21N3OS/c1-3-15(4-2)6-5-14-8-11-7-10(9-17-11)12(13)16/h7,9,14H,3-6,8H2,1-2H3,(H2,13,16). The number of likely N-dealkylation sites (N-methyl/N-ethyl adjacent to an activating group) is 1. The molecule has 1 rings (SSSR count). The van der Waals surface area contributed by atoms with Crippen LogP contribution < -0.4 is 11.1 Å². The third-order valence-corrected chi connectivity index (χ3v) is 3.67. The molecule has 0 aliphatic heterocycles. The summed E-state index contributed by atoms with van der Waals surface area (Å²) in [5.41, 5.74) is 5.81. The van der Waals surface area contributed by atoms with Gasteiger partial charge in [-0.2, -0.15) is 0 Å². The van der Waals surface area contributed by atoms with Crippen LogP contribution in [0.25, 0.3) is 0 Å². The molecule has 0 aromatic carbocycles. The van der Waals surface area contributed by atoms with Crippen molar-refractivity contribution >= 4 is 17.2 Å². The Morgan fingerprint density at radius 3 is 2.71 bits per heavy atom. The second kappa shape index (κ2) is 7.42. The molecule has 0 saturated carbocycles. The van der Waals surface area contributed by atoms with E-state index in [2.05, 4.69) is 24.1 Å². The van der Waals surface area contributed by atoms with Crippen LogP contribution in [0.3, 0.4) is 0 Å². The van der Waals surface area contributed by atoms with Gasteiger partial charge in [0.25, 0.3) is 0 Å². The van der Waals surface area contributed by atoms with Crippen molar-refractivity contribution < 1.29 is 4.79 Å². The van der Waals surface area contributed by atoms with Crippen LogP contribution in [0.15, 0.2) is 11.4 Å². The first-order valence-electron chi connectivity index (χ1n) is 5.97. The van der Waals surface area contributed by atoms with Crippen LogP contribution in [-0.4, -0.2) is 37.0 Å². The predicted octanol–water partition coefficient (Wildman–Crippen LogP) is 1.28. The lowest BCUT2D eigenvalue weighted by molar-refractivity contribution is 0.100. The summed E-state index contributed by atoms with van der Waals surface area (Å²) in [6.45, 7) is 9.33. The minimum Gasteiger partial charge on any atom is -0.366 e. The summed E-state index contributed by atoms with van der Waals surface area (Å²) in [6, 6.07) is 1.86. The van der Waals surface area contributed by atoms with Crippen molar-refractivity contribution in [1.82, 2.24) is 10.2 Å². The van der Waals surface area contributed by atoms with E-state index in [0.29, 0.717) is 5.56 Å². The first kappa shape index (κ1) is 14.2. The Labute approximate surface area is 107 Å². The van der Waals surface area contributed by atoms with Crippen molar-refractivity contribution in [3.63, 3.8) is 0 Å². The van der Waals surface area contributed by atoms with E-state index in [4.69, 9.17) is 5.73 Å². The van der Waals surface area contributed by atoms with Crippen molar-refractivity contribution in [2.45, 2.75) is 20.4 Å². The number of hydrogen-bond donors (Lipinski definition) is 2. The van der Waals surface area contributed by atoms with Gasteiger partial charge in [-0.1, -0.05) is 13.8 Å². The zero-order valence-corrected chi connectivity index (χ0v) is 11.3. The largest absolute Gasteiger partial charge is 0.366 e. The maximum atomic E-state index is 10.9. The van der Waals surface area contributed by atoms with Crippen molar-refractivity contribution in [1.29, 1.82) is 0 Å². The van der Waals surface area contributed by atoms with E-state index in [1.807, 2.05) is 11.4 Å². The molecular weight excluding hydrogens is 234 g/mol. The number of thiophene rings is 1. The number of hydrogen-bond acceptors (Lipinski definition) is 4. The van der Waals surface area contributed by atoms with Crippen molar-refractivity contribution in [3.8, 4) is 0 Å². The first-order valence-corrected chi connectivity index (χ1v) is 6.85. The van der Waals surface area contributed by atoms with Crippen molar-refractivity contribution in [2.75, 3.05) is 26.2 Å². The van der Waals surface area contributed by atoms with Crippen LogP contribution in [0.4, 0.5) is 0 Å². The highest BCUT2D eigenvalue weighted by atomic mass is 32.1. The fourth-order valence-electron chi connectivity index (χ4n) is 1.59. The molecule has 0 saturated heterocycles. The van der Waals surface area contributed by atoms with E-state index in [1.54, 1.807) is 11.3 Å². The molecule has 0 unspecified atom stereocenters. The third-order valence-electron chi connectivity index (χ3n) is 2.74. The van der Waals surface area contributed by atoms with Crippen LogP contribution >= 0.6 is 11.3 Å². The Bertz CT molecular complexity index is 347. The zero-order valence-electron chi connectivity index (χ0n) is 10.5. The Kier molecular flexibility index (Phi) is 6.18. The lowest BCUT2D eigenvalue weighted by Crippen LogP contribution is -2.31. The minimum absolute atomic E-state index is 0.351. The molecule has 0 atom stereocenters. The summed E-state index contributed by atoms with van der Waals surface area (Å²) in [7, 11) is 0. The van der Waals surface area contributed by atoms with E-state index in [9.17, 15) is 4.79 Å². The Morgan fingerprint density at radius 1 is 1.47 bits per heavy atom. The Hall–Kier alpha value is -0.910.